The van der Waals surface area contributed by atoms with E-state index in [0.717, 1.165) is 48.0 Å². The first-order valence-corrected chi connectivity index (χ1v) is 12.2. The summed E-state index contributed by atoms with van der Waals surface area (Å²) in [5.41, 5.74) is 5.41. The third kappa shape index (κ3) is 4.93. The van der Waals surface area contributed by atoms with Crippen molar-refractivity contribution in [2.45, 2.75) is 32.8 Å². The molecule has 0 unspecified atom stereocenters. The highest BCUT2D eigenvalue weighted by Gasteiger charge is 2.18. The van der Waals surface area contributed by atoms with Crippen LogP contribution in [-0.2, 0) is 7.05 Å². The minimum atomic E-state index is -0.187. The first kappa shape index (κ1) is 23.1. The number of aromatic nitrogens is 2. The zero-order valence-electron chi connectivity index (χ0n) is 20.8. The largest absolute Gasteiger partial charge is 0.490 e. The average molecular weight is 469 g/mol. The number of hydrogen-bond acceptors (Lipinski definition) is 4. The highest BCUT2D eigenvalue weighted by molar-refractivity contribution is 6.04. The van der Waals surface area contributed by atoms with E-state index in [-0.39, 0.29) is 12.0 Å². The van der Waals surface area contributed by atoms with Crippen molar-refractivity contribution in [3.8, 4) is 17.0 Å². The van der Waals surface area contributed by atoms with E-state index in [1.807, 2.05) is 18.2 Å². The van der Waals surface area contributed by atoms with Gasteiger partial charge in [-0.25, -0.2) is 4.98 Å². The molecule has 35 heavy (non-hydrogen) atoms. The molecule has 5 rings (SSSR count). The molecule has 1 aliphatic rings. The van der Waals surface area contributed by atoms with E-state index in [0.29, 0.717) is 11.4 Å². The number of benzene rings is 2. The number of amides is 1. The van der Waals surface area contributed by atoms with Crippen molar-refractivity contribution in [2.24, 2.45) is 7.05 Å². The molecule has 1 aliphatic heterocycles. The van der Waals surface area contributed by atoms with E-state index in [2.05, 4.69) is 72.0 Å². The van der Waals surface area contributed by atoms with Gasteiger partial charge in [-0.05, 0) is 92.7 Å². The fourth-order valence-electron chi connectivity index (χ4n) is 4.67. The normalized spacial score (nSPS) is 14.9. The number of rotatable bonds is 5. The molecule has 1 saturated heterocycles. The lowest BCUT2D eigenvalue weighted by Gasteiger charge is -2.29. The molecule has 1 N–H and O–H groups in total. The van der Waals surface area contributed by atoms with Crippen LogP contribution in [0.4, 0.5) is 5.82 Å². The molecule has 3 heterocycles. The molecule has 2 aromatic heterocycles. The minimum Gasteiger partial charge on any atom is -0.490 e. The van der Waals surface area contributed by atoms with E-state index < -0.39 is 0 Å². The number of fused-ring (bicyclic) bond motifs is 1. The van der Waals surface area contributed by atoms with Crippen LogP contribution in [0.3, 0.4) is 0 Å². The Kier molecular flexibility index (Phi) is 6.31. The van der Waals surface area contributed by atoms with Gasteiger partial charge in [0.1, 0.15) is 17.7 Å². The van der Waals surface area contributed by atoms with Crippen LogP contribution in [0.5, 0.6) is 5.75 Å². The van der Waals surface area contributed by atoms with Crippen molar-refractivity contribution in [3.63, 3.8) is 0 Å². The second-order valence-electron chi connectivity index (χ2n) is 9.59. The number of carbonyl (C=O) groups excluding carboxylic acids is 1. The zero-order valence-corrected chi connectivity index (χ0v) is 20.8. The summed E-state index contributed by atoms with van der Waals surface area (Å²) in [7, 11) is 4.22. The molecule has 2 aromatic carbocycles. The van der Waals surface area contributed by atoms with Gasteiger partial charge in [-0.15, -0.1) is 0 Å². The highest BCUT2D eigenvalue weighted by atomic mass is 16.5. The number of carbonyl (C=O) groups is 1. The maximum atomic E-state index is 12.9. The Morgan fingerprint density at radius 3 is 2.40 bits per heavy atom. The van der Waals surface area contributed by atoms with Crippen molar-refractivity contribution in [1.29, 1.82) is 0 Å². The summed E-state index contributed by atoms with van der Waals surface area (Å²) >= 11 is 0. The molecule has 1 amide bonds. The number of pyridine rings is 1. The topological polar surface area (TPSA) is 59.4 Å². The van der Waals surface area contributed by atoms with Crippen LogP contribution in [-0.4, -0.2) is 46.6 Å². The molecular weight excluding hydrogens is 436 g/mol. The molecule has 0 atom stereocenters. The summed E-state index contributed by atoms with van der Waals surface area (Å²) in [5.74, 6) is 1.15. The standard InChI is InChI=1S/C29H32N4O2/c1-19-15-27(33(4)20(19)2)22-5-6-23-18-30-28(17-24(23)16-22)31-29(34)21-7-9-25(10-8-21)35-26-11-13-32(3)14-12-26/h5-10,15-18,26H,11-14H2,1-4H3,(H,30,31,34). The molecule has 0 spiro atoms. The van der Waals surface area contributed by atoms with Gasteiger partial charge in [0.15, 0.2) is 0 Å². The maximum absolute atomic E-state index is 12.9. The minimum absolute atomic E-state index is 0.187. The van der Waals surface area contributed by atoms with Crippen LogP contribution in [0.2, 0.25) is 0 Å². The molecule has 0 saturated carbocycles. The predicted molar refractivity (Wildman–Crippen MR) is 141 cm³/mol. The summed E-state index contributed by atoms with van der Waals surface area (Å²) in [4.78, 5) is 19.6. The van der Waals surface area contributed by atoms with Crippen LogP contribution in [0.15, 0.2) is 60.8 Å². The Balaban J connectivity index is 1.29. The van der Waals surface area contributed by atoms with E-state index in [4.69, 9.17) is 4.74 Å². The summed E-state index contributed by atoms with van der Waals surface area (Å²) in [6.07, 6.45) is 4.09. The lowest BCUT2D eigenvalue weighted by molar-refractivity contribution is 0.102. The highest BCUT2D eigenvalue weighted by Crippen LogP contribution is 2.28. The van der Waals surface area contributed by atoms with Gasteiger partial charge >= 0.3 is 0 Å². The number of piperidine rings is 1. The number of anilines is 1. The third-order valence-electron chi connectivity index (χ3n) is 7.13. The molecule has 0 bridgehead atoms. The van der Waals surface area contributed by atoms with Crippen molar-refractivity contribution in [1.82, 2.24) is 14.5 Å². The molecular formula is C29H32N4O2. The zero-order chi connectivity index (χ0) is 24.5. The van der Waals surface area contributed by atoms with Crippen molar-refractivity contribution in [2.75, 3.05) is 25.5 Å². The number of nitrogens with one attached hydrogen (secondary N) is 1. The average Bonchev–Trinajstić information content (AvgIpc) is 3.12. The van der Waals surface area contributed by atoms with Crippen LogP contribution in [0, 0.1) is 13.8 Å². The van der Waals surface area contributed by atoms with Gasteiger partial charge in [0, 0.05) is 48.7 Å². The molecule has 0 radical (unpaired) electrons. The van der Waals surface area contributed by atoms with E-state index in [9.17, 15) is 4.79 Å². The Morgan fingerprint density at radius 1 is 0.971 bits per heavy atom. The quantitative estimate of drug-likeness (QED) is 0.415. The Labute approximate surface area is 206 Å². The summed E-state index contributed by atoms with van der Waals surface area (Å²) in [5, 5.41) is 5.00. The van der Waals surface area contributed by atoms with E-state index in [1.165, 1.54) is 17.0 Å². The third-order valence-corrected chi connectivity index (χ3v) is 7.13. The summed E-state index contributed by atoms with van der Waals surface area (Å²) in [6, 6.07) is 17.8. The number of nitrogens with zero attached hydrogens (tertiary/aromatic N) is 3. The lowest BCUT2D eigenvalue weighted by atomic mass is 10.1. The number of ether oxygens (including phenoxy) is 1. The van der Waals surface area contributed by atoms with Crippen LogP contribution in [0.25, 0.3) is 22.0 Å². The first-order valence-electron chi connectivity index (χ1n) is 12.2. The molecule has 4 aromatic rings. The van der Waals surface area contributed by atoms with Gasteiger partial charge in [-0.3, -0.25) is 4.79 Å². The van der Waals surface area contributed by atoms with Crippen molar-refractivity contribution in [3.05, 3.63) is 77.6 Å². The number of likely N-dealkylation sites (tertiary alicyclic amines) is 1. The SMILES string of the molecule is Cc1cc(-c2ccc3cnc(NC(=O)c4ccc(OC5CCN(C)CC5)cc4)cc3c2)n(C)c1C. The second kappa shape index (κ2) is 9.55. The first-order chi connectivity index (χ1) is 16.9. The maximum Gasteiger partial charge on any atom is 0.256 e. The number of hydrogen-bond donors (Lipinski definition) is 1. The van der Waals surface area contributed by atoms with Crippen LogP contribution < -0.4 is 10.1 Å². The van der Waals surface area contributed by atoms with Gasteiger partial charge in [-0.1, -0.05) is 12.1 Å². The van der Waals surface area contributed by atoms with Gasteiger partial charge in [0.25, 0.3) is 5.91 Å². The molecule has 0 aliphatic carbocycles. The Bertz CT molecular complexity index is 1370. The monoisotopic (exact) mass is 468 g/mol. The lowest BCUT2D eigenvalue weighted by Crippen LogP contribution is -2.35. The van der Waals surface area contributed by atoms with E-state index in [1.54, 1.807) is 18.3 Å². The Morgan fingerprint density at radius 2 is 1.71 bits per heavy atom. The van der Waals surface area contributed by atoms with Gasteiger partial charge in [0.2, 0.25) is 0 Å². The molecule has 6 heteroatoms. The fourth-order valence-corrected chi connectivity index (χ4v) is 4.67. The van der Waals surface area contributed by atoms with E-state index >= 15 is 0 Å². The van der Waals surface area contributed by atoms with Gasteiger partial charge in [0.05, 0.1) is 0 Å². The molecule has 6 nitrogen and oxygen atoms in total. The Hall–Kier alpha value is -3.64. The summed E-state index contributed by atoms with van der Waals surface area (Å²) < 4.78 is 8.31. The fraction of sp³-hybridized carbons (Fsp3) is 0.310. The van der Waals surface area contributed by atoms with Crippen LogP contribution >= 0.6 is 0 Å². The predicted octanol–water partition coefficient (Wildman–Crippen LogP) is 5.58. The van der Waals surface area contributed by atoms with Gasteiger partial charge in [-0.2, -0.15) is 0 Å². The smallest absolute Gasteiger partial charge is 0.256 e. The molecule has 180 valence electrons. The van der Waals surface area contributed by atoms with Crippen LogP contribution in [0.1, 0.15) is 34.5 Å². The summed E-state index contributed by atoms with van der Waals surface area (Å²) in [6.45, 7) is 6.36. The van der Waals surface area contributed by atoms with Gasteiger partial charge < -0.3 is 19.5 Å². The second-order valence-corrected chi connectivity index (χ2v) is 9.59. The molecule has 1 fully saturated rings. The van der Waals surface area contributed by atoms with Crippen molar-refractivity contribution >= 4 is 22.5 Å². The number of aryl methyl sites for hydroxylation is 1. The van der Waals surface area contributed by atoms with Crippen molar-refractivity contribution < 1.29 is 9.53 Å².